The number of nitrogens with zero attached hydrogens (tertiary/aromatic N) is 5. The summed E-state index contributed by atoms with van der Waals surface area (Å²) in [6, 6.07) is 17.2. The number of benzene rings is 2. The van der Waals surface area contributed by atoms with Crippen molar-refractivity contribution < 1.29 is 9.59 Å². The maximum Gasteiger partial charge on any atom is 0.364 e. The van der Waals surface area contributed by atoms with Gasteiger partial charge in [0, 0.05) is 27.6 Å². The molecule has 33 heavy (non-hydrogen) atoms. The minimum Gasteiger partial charge on any atom is -0.352 e. The first-order valence-corrected chi connectivity index (χ1v) is 11.9. The van der Waals surface area contributed by atoms with Crippen LogP contribution in [0, 0.1) is 13.8 Å². The highest BCUT2D eigenvalue weighted by Gasteiger charge is 2.24. The smallest absolute Gasteiger partial charge is 0.352 e. The number of thiazole rings is 1. The van der Waals surface area contributed by atoms with Crippen LogP contribution in [0.2, 0.25) is 0 Å². The SMILES string of the molecule is Cc1nc(-[n+]2nc(-c3ccc(C(=O)NCCCCCN)cc3)nn2-c2ccccc2)sc1C. The van der Waals surface area contributed by atoms with E-state index in [9.17, 15) is 4.79 Å². The number of aryl methyl sites for hydroxylation is 2. The minimum absolute atomic E-state index is 0.0825. The highest BCUT2D eigenvalue weighted by atomic mass is 32.1. The average Bonchev–Trinajstić information content (AvgIpc) is 3.43. The van der Waals surface area contributed by atoms with Gasteiger partial charge in [-0.25, -0.2) is 0 Å². The normalized spacial score (nSPS) is 11.0. The molecule has 2 aromatic carbocycles. The Morgan fingerprint density at radius 3 is 2.48 bits per heavy atom. The number of carbonyl (C=O) groups is 1. The van der Waals surface area contributed by atoms with Gasteiger partial charge >= 0.3 is 5.13 Å². The lowest BCUT2D eigenvalue weighted by atomic mass is 10.1. The van der Waals surface area contributed by atoms with Gasteiger partial charge < -0.3 is 11.1 Å². The number of carbonyl (C=O) groups excluding carboxylic acids is 1. The molecule has 170 valence electrons. The minimum atomic E-state index is -0.0825. The lowest BCUT2D eigenvalue weighted by molar-refractivity contribution is -0.734. The number of aromatic nitrogens is 5. The van der Waals surface area contributed by atoms with Crippen LogP contribution in [0.5, 0.6) is 0 Å². The molecule has 0 unspecified atom stereocenters. The summed E-state index contributed by atoms with van der Waals surface area (Å²) in [6.07, 6.45) is 2.93. The van der Waals surface area contributed by atoms with Crippen LogP contribution in [-0.2, 0) is 0 Å². The van der Waals surface area contributed by atoms with Crippen LogP contribution in [0.4, 0.5) is 0 Å². The molecule has 0 atom stereocenters. The summed E-state index contributed by atoms with van der Waals surface area (Å²) in [5.41, 5.74) is 8.80. The summed E-state index contributed by atoms with van der Waals surface area (Å²) in [5, 5.41) is 13.2. The Hall–Kier alpha value is -3.43. The molecule has 0 saturated carbocycles. The van der Waals surface area contributed by atoms with Gasteiger partial charge in [-0.3, -0.25) is 4.79 Å². The number of rotatable bonds is 9. The molecule has 0 fully saturated rings. The van der Waals surface area contributed by atoms with Gasteiger partial charge in [0.15, 0.2) is 0 Å². The summed E-state index contributed by atoms with van der Waals surface area (Å²) >= 11 is 1.57. The van der Waals surface area contributed by atoms with Crippen LogP contribution in [0.25, 0.3) is 22.2 Å². The van der Waals surface area contributed by atoms with Gasteiger partial charge in [0.1, 0.15) is 11.4 Å². The number of tetrazole rings is 1. The fourth-order valence-corrected chi connectivity index (χ4v) is 4.16. The van der Waals surface area contributed by atoms with Crippen LogP contribution in [-0.4, -0.2) is 39.0 Å². The zero-order valence-electron chi connectivity index (χ0n) is 18.9. The molecule has 9 heteroatoms. The van der Waals surface area contributed by atoms with Crippen LogP contribution in [0.3, 0.4) is 0 Å². The molecule has 1 amide bonds. The van der Waals surface area contributed by atoms with Crippen LogP contribution in [0.1, 0.15) is 40.2 Å². The molecule has 0 bridgehead atoms. The van der Waals surface area contributed by atoms with Gasteiger partial charge in [-0.15, -0.1) is 0 Å². The molecule has 0 radical (unpaired) electrons. The monoisotopic (exact) mass is 462 g/mol. The standard InChI is InChI=1S/C24H27N7OS/c1-17-18(2)33-24(27-17)31-29-22(28-30(31)21-9-5-3-6-10-21)19-11-13-20(14-12-19)23(32)26-16-8-4-7-15-25/h3,5-6,9-14H,4,7-8,15-16,25H2,1-2H3/p+1. The molecule has 8 nitrogen and oxygen atoms in total. The lowest BCUT2D eigenvalue weighted by Gasteiger charge is -2.05. The highest BCUT2D eigenvalue weighted by Crippen LogP contribution is 2.19. The number of unbranched alkanes of at least 4 members (excludes halogenated alkanes) is 2. The molecule has 0 spiro atoms. The highest BCUT2D eigenvalue weighted by molar-refractivity contribution is 7.13. The van der Waals surface area contributed by atoms with Gasteiger partial charge in [-0.1, -0.05) is 40.9 Å². The molecule has 3 N–H and O–H groups in total. The van der Waals surface area contributed by atoms with Crippen molar-refractivity contribution in [2.75, 3.05) is 13.1 Å². The van der Waals surface area contributed by atoms with Crippen LogP contribution < -0.4 is 15.8 Å². The first-order valence-electron chi connectivity index (χ1n) is 11.0. The molecule has 0 saturated heterocycles. The Morgan fingerprint density at radius 2 is 1.82 bits per heavy atom. The Bertz CT molecular complexity index is 1200. The van der Waals surface area contributed by atoms with Crippen molar-refractivity contribution in [3.05, 3.63) is 70.7 Å². The number of amides is 1. The van der Waals surface area contributed by atoms with Crippen molar-refractivity contribution in [3.63, 3.8) is 0 Å². The number of hydrogen-bond acceptors (Lipinski definition) is 6. The summed E-state index contributed by atoms with van der Waals surface area (Å²) in [5.74, 6) is 0.471. The predicted molar refractivity (Wildman–Crippen MR) is 129 cm³/mol. The van der Waals surface area contributed by atoms with Crippen molar-refractivity contribution in [2.24, 2.45) is 5.73 Å². The third-order valence-electron chi connectivity index (χ3n) is 5.31. The second-order valence-electron chi connectivity index (χ2n) is 7.76. The van der Waals surface area contributed by atoms with E-state index in [4.69, 9.17) is 15.9 Å². The van der Waals surface area contributed by atoms with Crippen LogP contribution in [0.15, 0.2) is 54.6 Å². The Labute approximate surface area is 197 Å². The van der Waals surface area contributed by atoms with E-state index < -0.39 is 0 Å². The molecular weight excluding hydrogens is 434 g/mol. The van der Waals surface area contributed by atoms with Gasteiger partial charge in [-0.05, 0) is 84.3 Å². The Balaban J connectivity index is 1.58. The fraction of sp³-hybridized carbons (Fsp3) is 0.292. The maximum absolute atomic E-state index is 12.4. The van der Waals surface area contributed by atoms with E-state index >= 15 is 0 Å². The molecular formula is C24H28N7OS+. The summed E-state index contributed by atoms with van der Waals surface area (Å²) < 4.78 is 0. The first kappa shape index (κ1) is 22.8. The second-order valence-corrected chi connectivity index (χ2v) is 8.94. The molecule has 0 aliphatic rings. The molecule has 4 rings (SSSR count). The van der Waals surface area contributed by atoms with E-state index in [0.717, 1.165) is 46.2 Å². The van der Waals surface area contributed by atoms with Crippen LogP contribution >= 0.6 is 11.3 Å². The van der Waals surface area contributed by atoms with Crippen molar-refractivity contribution in [1.29, 1.82) is 0 Å². The number of nitrogens with two attached hydrogens (primary N) is 1. The van der Waals surface area contributed by atoms with Gasteiger partial charge in [0.2, 0.25) is 0 Å². The van der Waals surface area contributed by atoms with Crippen molar-refractivity contribution in [2.45, 2.75) is 33.1 Å². The quantitative estimate of drug-likeness (QED) is 0.294. The van der Waals surface area contributed by atoms with Gasteiger partial charge in [0.25, 0.3) is 11.7 Å². The molecule has 4 aromatic rings. The van der Waals surface area contributed by atoms with E-state index in [-0.39, 0.29) is 5.91 Å². The average molecular weight is 463 g/mol. The van der Waals surface area contributed by atoms with E-state index in [0.29, 0.717) is 24.5 Å². The summed E-state index contributed by atoms with van der Waals surface area (Å²) in [7, 11) is 0. The predicted octanol–water partition coefficient (Wildman–Crippen LogP) is 3.14. The Morgan fingerprint density at radius 1 is 1.06 bits per heavy atom. The molecule has 0 aliphatic carbocycles. The molecule has 2 heterocycles. The summed E-state index contributed by atoms with van der Waals surface area (Å²) in [4.78, 5) is 21.7. The van der Waals surface area contributed by atoms with Gasteiger partial charge in [-0.2, -0.15) is 0 Å². The van der Waals surface area contributed by atoms with E-state index in [1.807, 2.05) is 56.3 Å². The molecule has 0 aliphatic heterocycles. The molecule has 2 aromatic heterocycles. The lowest BCUT2D eigenvalue weighted by Crippen LogP contribution is -2.43. The van der Waals surface area contributed by atoms with Crippen molar-refractivity contribution >= 4 is 17.2 Å². The Kier molecular flexibility index (Phi) is 7.21. The van der Waals surface area contributed by atoms with E-state index in [1.54, 1.807) is 33.1 Å². The van der Waals surface area contributed by atoms with Gasteiger partial charge in [0.05, 0.1) is 0 Å². The van der Waals surface area contributed by atoms with Crippen molar-refractivity contribution in [1.82, 2.24) is 25.3 Å². The second kappa shape index (κ2) is 10.5. The largest absolute Gasteiger partial charge is 0.364 e. The first-order chi connectivity index (χ1) is 16.1. The summed E-state index contributed by atoms with van der Waals surface area (Å²) in [6.45, 7) is 5.37. The third kappa shape index (κ3) is 5.32. The van der Waals surface area contributed by atoms with Crippen molar-refractivity contribution in [3.8, 4) is 22.2 Å². The number of hydrogen-bond donors (Lipinski definition) is 2. The topological polar surface area (TPSA) is 103 Å². The fourth-order valence-electron chi connectivity index (χ4n) is 3.31. The maximum atomic E-state index is 12.4. The zero-order valence-corrected chi connectivity index (χ0v) is 19.7. The number of para-hydroxylation sites is 1. The number of nitrogens with one attached hydrogen (secondary N) is 1. The van der Waals surface area contributed by atoms with E-state index in [1.165, 1.54) is 0 Å². The van der Waals surface area contributed by atoms with E-state index in [2.05, 4.69) is 10.3 Å². The zero-order chi connectivity index (χ0) is 23.2. The third-order valence-corrected chi connectivity index (χ3v) is 6.34.